The van der Waals surface area contributed by atoms with E-state index < -0.39 is 6.09 Å². The molecule has 2 fully saturated rings. The first-order valence-corrected chi connectivity index (χ1v) is 6.03. The Labute approximate surface area is 100 Å². The quantitative estimate of drug-likeness (QED) is 0.715. The highest BCUT2D eigenvalue weighted by atomic mass is 16.5. The van der Waals surface area contributed by atoms with Crippen LogP contribution in [0.25, 0.3) is 0 Å². The number of nitrogens with zero attached hydrogens (tertiary/aromatic N) is 2. The number of hydrogen-bond donors (Lipinski definition) is 1. The number of ether oxygens (including phenoxy) is 1. The summed E-state index contributed by atoms with van der Waals surface area (Å²) in [5.74, 6) is -0.0859. The van der Waals surface area contributed by atoms with Crippen molar-refractivity contribution < 1.29 is 19.4 Å². The van der Waals surface area contributed by atoms with Gasteiger partial charge in [0.25, 0.3) is 0 Å². The minimum absolute atomic E-state index is 0.0826. The van der Waals surface area contributed by atoms with E-state index >= 15 is 0 Å². The molecule has 0 aromatic carbocycles. The SMILES string of the molecule is O=C(O)N1CCCC(C(=O)N2CCOCC2)C1. The van der Waals surface area contributed by atoms with Crippen LogP contribution in [0.4, 0.5) is 4.79 Å². The third-order valence-electron chi connectivity index (χ3n) is 3.36. The molecule has 1 N–H and O–H groups in total. The van der Waals surface area contributed by atoms with E-state index in [4.69, 9.17) is 9.84 Å². The zero-order valence-electron chi connectivity index (χ0n) is 9.80. The Morgan fingerprint density at radius 2 is 1.82 bits per heavy atom. The lowest BCUT2D eigenvalue weighted by Crippen LogP contribution is -2.49. The van der Waals surface area contributed by atoms with Gasteiger partial charge in [0.05, 0.1) is 19.1 Å². The number of carbonyl (C=O) groups excluding carboxylic acids is 1. The number of carbonyl (C=O) groups is 2. The third-order valence-corrected chi connectivity index (χ3v) is 3.36. The second-order valence-corrected chi connectivity index (χ2v) is 4.51. The maximum absolute atomic E-state index is 12.2. The van der Waals surface area contributed by atoms with Gasteiger partial charge in [0.1, 0.15) is 0 Å². The van der Waals surface area contributed by atoms with E-state index in [2.05, 4.69) is 0 Å². The highest BCUT2D eigenvalue weighted by Gasteiger charge is 2.31. The summed E-state index contributed by atoms with van der Waals surface area (Å²) in [5, 5.41) is 8.93. The summed E-state index contributed by atoms with van der Waals surface area (Å²) in [5.41, 5.74) is 0. The van der Waals surface area contributed by atoms with Gasteiger partial charge >= 0.3 is 6.09 Å². The zero-order chi connectivity index (χ0) is 12.3. The van der Waals surface area contributed by atoms with E-state index in [1.165, 1.54) is 4.90 Å². The number of piperidine rings is 1. The maximum atomic E-state index is 12.2. The minimum atomic E-state index is -0.926. The largest absolute Gasteiger partial charge is 0.465 e. The van der Waals surface area contributed by atoms with E-state index in [0.717, 1.165) is 12.8 Å². The lowest BCUT2D eigenvalue weighted by atomic mass is 9.96. The lowest BCUT2D eigenvalue weighted by Gasteiger charge is -2.35. The second kappa shape index (κ2) is 5.35. The van der Waals surface area contributed by atoms with Gasteiger partial charge in [-0.1, -0.05) is 0 Å². The van der Waals surface area contributed by atoms with Crippen molar-refractivity contribution in [3.8, 4) is 0 Å². The van der Waals surface area contributed by atoms with Gasteiger partial charge < -0.3 is 19.6 Å². The van der Waals surface area contributed by atoms with Crippen LogP contribution in [0, 0.1) is 5.92 Å². The van der Waals surface area contributed by atoms with Crippen molar-refractivity contribution in [3.05, 3.63) is 0 Å². The molecule has 96 valence electrons. The highest BCUT2D eigenvalue weighted by molar-refractivity contribution is 5.80. The molecule has 2 heterocycles. The van der Waals surface area contributed by atoms with E-state index in [0.29, 0.717) is 39.4 Å². The first-order valence-electron chi connectivity index (χ1n) is 6.03. The Balaban J connectivity index is 1.91. The van der Waals surface area contributed by atoms with Crippen LogP contribution in [0.1, 0.15) is 12.8 Å². The van der Waals surface area contributed by atoms with Gasteiger partial charge in [-0.2, -0.15) is 0 Å². The van der Waals surface area contributed by atoms with Crippen molar-refractivity contribution >= 4 is 12.0 Å². The fourth-order valence-corrected chi connectivity index (χ4v) is 2.39. The lowest BCUT2D eigenvalue weighted by molar-refractivity contribution is -0.141. The van der Waals surface area contributed by atoms with Crippen LogP contribution in [0.3, 0.4) is 0 Å². The van der Waals surface area contributed by atoms with Crippen LogP contribution in [-0.2, 0) is 9.53 Å². The van der Waals surface area contributed by atoms with Gasteiger partial charge in [-0.05, 0) is 12.8 Å². The Morgan fingerprint density at radius 1 is 1.12 bits per heavy atom. The molecule has 2 aliphatic heterocycles. The molecule has 2 rings (SSSR count). The van der Waals surface area contributed by atoms with E-state index in [9.17, 15) is 9.59 Å². The molecule has 2 saturated heterocycles. The average Bonchev–Trinajstić information content (AvgIpc) is 2.39. The van der Waals surface area contributed by atoms with E-state index in [1.807, 2.05) is 0 Å². The van der Waals surface area contributed by atoms with Crippen molar-refractivity contribution in [3.63, 3.8) is 0 Å². The molecule has 6 nitrogen and oxygen atoms in total. The molecule has 1 unspecified atom stereocenters. The standard InChI is InChI=1S/C11H18N2O4/c14-10(12-4-6-17-7-5-12)9-2-1-3-13(8-9)11(15)16/h9H,1-8H2,(H,15,16). The van der Waals surface area contributed by atoms with Crippen molar-refractivity contribution in [1.29, 1.82) is 0 Å². The third kappa shape index (κ3) is 2.88. The van der Waals surface area contributed by atoms with Crippen molar-refractivity contribution in [1.82, 2.24) is 9.80 Å². The monoisotopic (exact) mass is 242 g/mol. The molecule has 2 aliphatic rings. The van der Waals surface area contributed by atoms with Gasteiger partial charge in [0, 0.05) is 26.2 Å². The smallest absolute Gasteiger partial charge is 0.407 e. The minimum Gasteiger partial charge on any atom is -0.465 e. The van der Waals surface area contributed by atoms with Crippen LogP contribution in [0.15, 0.2) is 0 Å². The molecule has 2 amide bonds. The molecular weight excluding hydrogens is 224 g/mol. The Kier molecular flexibility index (Phi) is 3.83. The van der Waals surface area contributed by atoms with Crippen LogP contribution >= 0.6 is 0 Å². The number of morpholine rings is 1. The summed E-state index contributed by atoms with van der Waals surface area (Å²) < 4.78 is 5.20. The van der Waals surface area contributed by atoms with Gasteiger partial charge in [0.15, 0.2) is 0 Å². The predicted octanol–water partition coefficient (Wildman–Crippen LogP) is 0.235. The summed E-state index contributed by atoms with van der Waals surface area (Å²) >= 11 is 0. The number of carboxylic acid groups (broad SMARTS) is 1. The molecular formula is C11H18N2O4. The number of amides is 2. The zero-order valence-corrected chi connectivity index (χ0v) is 9.80. The molecule has 6 heteroatoms. The maximum Gasteiger partial charge on any atom is 0.407 e. The first-order chi connectivity index (χ1) is 8.18. The number of hydrogen-bond acceptors (Lipinski definition) is 3. The average molecular weight is 242 g/mol. The summed E-state index contributed by atoms with van der Waals surface area (Å²) in [7, 11) is 0. The molecule has 17 heavy (non-hydrogen) atoms. The van der Waals surface area contributed by atoms with Crippen LogP contribution in [-0.4, -0.2) is 66.3 Å². The van der Waals surface area contributed by atoms with Crippen LogP contribution in [0.2, 0.25) is 0 Å². The fourth-order valence-electron chi connectivity index (χ4n) is 2.39. The second-order valence-electron chi connectivity index (χ2n) is 4.51. The molecule has 0 radical (unpaired) electrons. The summed E-state index contributed by atoms with van der Waals surface area (Å²) in [6.45, 7) is 3.31. The molecule has 0 saturated carbocycles. The van der Waals surface area contributed by atoms with Crippen molar-refractivity contribution in [2.75, 3.05) is 39.4 Å². The molecule has 0 aromatic heterocycles. The number of rotatable bonds is 1. The Morgan fingerprint density at radius 3 is 2.47 bits per heavy atom. The number of likely N-dealkylation sites (tertiary alicyclic amines) is 1. The topological polar surface area (TPSA) is 70.1 Å². The first kappa shape index (κ1) is 12.2. The molecule has 0 bridgehead atoms. The van der Waals surface area contributed by atoms with Gasteiger partial charge in [-0.25, -0.2) is 4.79 Å². The molecule has 0 aliphatic carbocycles. The summed E-state index contributed by atoms with van der Waals surface area (Å²) in [6, 6.07) is 0. The Hall–Kier alpha value is -1.30. The van der Waals surface area contributed by atoms with Crippen molar-refractivity contribution in [2.45, 2.75) is 12.8 Å². The fraction of sp³-hybridized carbons (Fsp3) is 0.818. The highest BCUT2D eigenvalue weighted by Crippen LogP contribution is 2.19. The summed E-state index contributed by atoms with van der Waals surface area (Å²) in [6.07, 6.45) is 0.636. The van der Waals surface area contributed by atoms with Crippen molar-refractivity contribution in [2.24, 2.45) is 5.92 Å². The van der Waals surface area contributed by atoms with Crippen LogP contribution < -0.4 is 0 Å². The molecule has 0 aromatic rings. The van der Waals surface area contributed by atoms with E-state index in [1.54, 1.807) is 4.90 Å². The Bertz CT molecular complexity index is 302. The normalized spacial score (nSPS) is 25.8. The van der Waals surface area contributed by atoms with E-state index in [-0.39, 0.29) is 11.8 Å². The van der Waals surface area contributed by atoms with Gasteiger partial charge in [0.2, 0.25) is 5.91 Å². The molecule has 1 atom stereocenters. The van der Waals surface area contributed by atoms with Gasteiger partial charge in [-0.3, -0.25) is 4.79 Å². The molecule has 0 spiro atoms. The summed E-state index contributed by atoms with van der Waals surface area (Å²) in [4.78, 5) is 26.2. The van der Waals surface area contributed by atoms with Gasteiger partial charge in [-0.15, -0.1) is 0 Å². The van der Waals surface area contributed by atoms with Crippen LogP contribution in [0.5, 0.6) is 0 Å². The predicted molar refractivity (Wildman–Crippen MR) is 59.7 cm³/mol.